The third kappa shape index (κ3) is 7.94. The molecule has 1 aromatic carbocycles. The number of carbonyl (C=O) groups excluding carboxylic acids is 4. The molecule has 1 heterocycles. The summed E-state index contributed by atoms with van der Waals surface area (Å²) < 4.78 is 38.2. The van der Waals surface area contributed by atoms with Gasteiger partial charge in [-0.05, 0) is 31.2 Å². The van der Waals surface area contributed by atoms with Gasteiger partial charge in [0.25, 0.3) is 0 Å². The highest BCUT2D eigenvalue weighted by Gasteiger charge is 2.53. The van der Waals surface area contributed by atoms with Crippen molar-refractivity contribution in [2.45, 2.75) is 65.3 Å². The van der Waals surface area contributed by atoms with E-state index < -0.39 is 54.6 Å². The second-order valence-electron chi connectivity index (χ2n) is 7.09. The molecule has 0 saturated carbocycles. The monoisotopic (exact) mass is 468 g/mol. The lowest BCUT2D eigenvalue weighted by Crippen LogP contribution is -2.63. The van der Waals surface area contributed by atoms with Crippen LogP contribution in [0.25, 0.3) is 0 Å². The molecule has 11 heteroatoms. The lowest BCUT2D eigenvalue weighted by atomic mass is 9.98. The SMILES string of the molecule is CCOc1ccc(O[C@@H]2O[C@H](COC(C)=O)[C@@H](OC(C)=O)[C@H](OC(C)=O)[C@H]2OC(C)=O)cc1. The molecule has 5 atom stereocenters. The summed E-state index contributed by atoms with van der Waals surface area (Å²) in [4.78, 5) is 46.7. The molecule has 1 aliphatic heterocycles. The minimum absolute atomic E-state index is 0.332. The second-order valence-corrected chi connectivity index (χ2v) is 7.09. The van der Waals surface area contributed by atoms with Gasteiger partial charge in [0.1, 0.15) is 24.2 Å². The first-order valence-electron chi connectivity index (χ1n) is 10.3. The van der Waals surface area contributed by atoms with Crippen molar-refractivity contribution < 1.29 is 52.3 Å². The lowest BCUT2D eigenvalue weighted by Gasteiger charge is -2.43. The van der Waals surface area contributed by atoms with Gasteiger partial charge in [-0.2, -0.15) is 0 Å². The smallest absolute Gasteiger partial charge is 0.303 e. The highest BCUT2D eigenvalue weighted by molar-refractivity contribution is 5.68. The van der Waals surface area contributed by atoms with Gasteiger partial charge in [0.05, 0.1) is 6.61 Å². The summed E-state index contributed by atoms with van der Waals surface area (Å²) in [5, 5.41) is 0. The fourth-order valence-corrected chi connectivity index (χ4v) is 3.20. The first kappa shape index (κ1) is 25.9. The fraction of sp³-hybridized carbons (Fsp3) is 0.545. The van der Waals surface area contributed by atoms with Crippen molar-refractivity contribution >= 4 is 23.9 Å². The summed E-state index contributed by atoms with van der Waals surface area (Å²) in [5.41, 5.74) is 0. The molecule has 1 aliphatic rings. The van der Waals surface area contributed by atoms with Crippen molar-refractivity contribution in [3.05, 3.63) is 24.3 Å². The van der Waals surface area contributed by atoms with Crippen LogP contribution in [0.15, 0.2) is 24.3 Å². The third-order valence-electron chi connectivity index (χ3n) is 4.34. The van der Waals surface area contributed by atoms with Crippen LogP contribution in [-0.4, -0.2) is 67.8 Å². The number of ether oxygens (including phenoxy) is 7. The Hall–Kier alpha value is -3.34. The van der Waals surface area contributed by atoms with Crippen LogP contribution < -0.4 is 9.47 Å². The summed E-state index contributed by atoms with van der Waals surface area (Å²) in [6.07, 6.45) is -6.20. The zero-order chi connectivity index (χ0) is 24.5. The Labute approximate surface area is 191 Å². The third-order valence-corrected chi connectivity index (χ3v) is 4.34. The van der Waals surface area contributed by atoms with E-state index in [9.17, 15) is 19.2 Å². The number of carbonyl (C=O) groups is 4. The maximum atomic E-state index is 11.8. The molecule has 0 aromatic heterocycles. The van der Waals surface area contributed by atoms with Crippen LogP contribution in [0.1, 0.15) is 34.6 Å². The zero-order valence-corrected chi connectivity index (χ0v) is 19.1. The minimum Gasteiger partial charge on any atom is -0.494 e. The predicted molar refractivity (Wildman–Crippen MR) is 110 cm³/mol. The fourth-order valence-electron chi connectivity index (χ4n) is 3.20. The molecule has 0 aliphatic carbocycles. The molecular formula is C22H28O11. The largest absolute Gasteiger partial charge is 0.494 e. The Balaban J connectivity index is 2.40. The van der Waals surface area contributed by atoms with Gasteiger partial charge >= 0.3 is 23.9 Å². The van der Waals surface area contributed by atoms with E-state index in [4.69, 9.17) is 33.2 Å². The van der Waals surface area contributed by atoms with E-state index in [0.29, 0.717) is 18.1 Å². The Bertz CT molecular complexity index is 835. The molecule has 0 radical (unpaired) electrons. The van der Waals surface area contributed by atoms with Gasteiger partial charge in [-0.1, -0.05) is 0 Å². The summed E-state index contributed by atoms with van der Waals surface area (Å²) in [7, 11) is 0. The highest BCUT2D eigenvalue weighted by atomic mass is 16.7. The Morgan fingerprint density at radius 3 is 1.79 bits per heavy atom. The van der Waals surface area contributed by atoms with Gasteiger partial charge in [0, 0.05) is 27.7 Å². The average Bonchev–Trinajstić information content (AvgIpc) is 2.71. The molecular weight excluding hydrogens is 440 g/mol. The van der Waals surface area contributed by atoms with Gasteiger partial charge in [-0.15, -0.1) is 0 Å². The molecule has 1 saturated heterocycles. The second kappa shape index (κ2) is 12.0. The number of hydrogen-bond donors (Lipinski definition) is 0. The Kier molecular flexibility index (Phi) is 9.46. The van der Waals surface area contributed by atoms with Crippen LogP contribution >= 0.6 is 0 Å². The maximum Gasteiger partial charge on any atom is 0.303 e. The van der Waals surface area contributed by atoms with Crippen LogP contribution in [0.3, 0.4) is 0 Å². The molecule has 0 spiro atoms. The van der Waals surface area contributed by atoms with Crippen molar-refractivity contribution in [1.82, 2.24) is 0 Å². The Morgan fingerprint density at radius 2 is 1.27 bits per heavy atom. The number of esters is 4. The molecule has 33 heavy (non-hydrogen) atoms. The first-order chi connectivity index (χ1) is 15.6. The summed E-state index contributed by atoms with van der Waals surface area (Å²) >= 11 is 0. The highest BCUT2D eigenvalue weighted by Crippen LogP contribution is 2.31. The molecule has 1 aromatic rings. The van der Waals surface area contributed by atoms with Crippen LogP contribution in [0.5, 0.6) is 11.5 Å². The van der Waals surface area contributed by atoms with Crippen LogP contribution in [0, 0.1) is 0 Å². The molecule has 11 nitrogen and oxygen atoms in total. The molecule has 2 rings (SSSR count). The van der Waals surface area contributed by atoms with E-state index >= 15 is 0 Å². The Morgan fingerprint density at radius 1 is 0.758 bits per heavy atom. The molecule has 0 bridgehead atoms. The molecule has 0 unspecified atom stereocenters. The minimum atomic E-state index is -1.30. The molecule has 0 N–H and O–H groups in total. The van der Waals surface area contributed by atoms with Gasteiger partial charge in [0.15, 0.2) is 12.2 Å². The lowest BCUT2D eigenvalue weighted by molar-refractivity contribution is -0.288. The zero-order valence-electron chi connectivity index (χ0n) is 19.1. The van der Waals surface area contributed by atoms with Crippen LogP contribution in [-0.2, 0) is 42.9 Å². The number of rotatable bonds is 9. The van der Waals surface area contributed by atoms with Crippen LogP contribution in [0.2, 0.25) is 0 Å². The van der Waals surface area contributed by atoms with Crippen molar-refractivity contribution in [2.75, 3.05) is 13.2 Å². The summed E-state index contributed by atoms with van der Waals surface area (Å²) in [6.45, 7) is 6.65. The quantitative estimate of drug-likeness (QED) is 0.386. The van der Waals surface area contributed by atoms with Crippen molar-refractivity contribution in [1.29, 1.82) is 0 Å². The van der Waals surface area contributed by atoms with E-state index in [0.717, 1.165) is 20.8 Å². The van der Waals surface area contributed by atoms with Crippen LogP contribution in [0.4, 0.5) is 0 Å². The van der Waals surface area contributed by atoms with Gasteiger partial charge < -0.3 is 33.2 Å². The van der Waals surface area contributed by atoms with Crippen molar-refractivity contribution in [3.8, 4) is 11.5 Å². The normalized spacial score (nSPS) is 24.2. The number of benzene rings is 1. The van der Waals surface area contributed by atoms with E-state index in [2.05, 4.69) is 0 Å². The molecule has 0 amide bonds. The maximum absolute atomic E-state index is 11.8. The van der Waals surface area contributed by atoms with E-state index in [1.165, 1.54) is 6.92 Å². The number of hydrogen-bond acceptors (Lipinski definition) is 11. The van der Waals surface area contributed by atoms with Crippen molar-refractivity contribution in [2.24, 2.45) is 0 Å². The van der Waals surface area contributed by atoms with E-state index in [1.54, 1.807) is 24.3 Å². The van der Waals surface area contributed by atoms with E-state index in [1.807, 2.05) is 6.92 Å². The predicted octanol–water partition coefficient (Wildman–Crippen LogP) is 1.55. The molecule has 182 valence electrons. The average molecular weight is 468 g/mol. The standard InChI is InChI=1S/C22H28O11/c1-6-27-16-7-9-17(10-8-16)32-22-21(31-15(5)26)20(30-14(4)25)19(29-13(3)24)18(33-22)11-28-12(2)23/h7-10,18-22H,6,11H2,1-5H3/t18-,19-,20+,21-,22-/m1/s1. The van der Waals surface area contributed by atoms with Gasteiger partial charge in [-0.3, -0.25) is 19.2 Å². The van der Waals surface area contributed by atoms with Gasteiger partial charge in [0.2, 0.25) is 12.4 Å². The van der Waals surface area contributed by atoms with Gasteiger partial charge in [-0.25, -0.2) is 0 Å². The first-order valence-corrected chi connectivity index (χ1v) is 10.3. The topological polar surface area (TPSA) is 133 Å². The summed E-state index contributed by atoms with van der Waals surface area (Å²) in [6, 6.07) is 6.56. The van der Waals surface area contributed by atoms with Crippen molar-refractivity contribution in [3.63, 3.8) is 0 Å². The van der Waals surface area contributed by atoms with E-state index in [-0.39, 0.29) is 6.61 Å². The molecule has 1 fully saturated rings. The summed E-state index contributed by atoms with van der Waals surface area (Å²) in [5.74, 6) is -1.79.